The van der Waals surface area contributed by atoms with Gasteiger partial charge in [-0.2, -0.15) is 14.9 Å². The quantitative estimate of drug-likeness (QED) is 0.258. The summed E-state index contributed by atoms with van der Waals surface area (Å²) in [6.45, 7) is 2.85. The number of fused-ring (bicyclic) bond motifs is 1. The Morgan fingerprint density at radius 2 is 1.91 bits per heavy atom. The Hall–Kier alpha value is -4.03. The molecule has 14 heteroatoms. The largest absolute Gasteiger partial charge is 0.381 e. The summed E-state index contributed by atoms with van der Waals surface area (Å²) < 4.78 is 67.0. The van der Waals surface area contributed by atoms with Gasteiger partial charge >= 0.3 is 0 Å². The lowest BCUT2D eigenvalue weighted by molar-refractivity contribution is -0.0152. The molecule has 47 heavy (non-hydrogen) atoms. The van der Waals surface area contributed by atoms with Gasteiger partial charge in [0, 0.05) is 31.7 Å². The molecule has 2 aliphatic rings. The molecule has 11 nitrogen and oxygen atoms in total. The zero-order valence-electron chi connectivity index (χ0n) is 26.2. The molecule has 3 aromatic heterocycles. The van der Waals surface area contributed by atoms with Crippen molar-refractivity contribution in [3.63, 3.8) is 0 Å². The zero-order chi connectivity index (χ0) is 33.3. The molecule has 6 rings (SSSR count). The fourth-order valence-electron chi connectivity index (χ4n) is 6.81. The highest BCUT2D eigenvalue weighted by molar-refractivity contribution is 7.90. The Morgan fingerprint density at radius 3 is 2.60 bits per heavy atom. The maximum atomic E-state index is 15.6. The molecule has 1 saturated heterocycles. The fraction of sp³-hybridized carbons (Fsp3) is 0.455. The molecule has 1 aliphatic heterocycles. The highest BCUT2D eigenvalue weighted by atomic mass is 32.2. The van der Waals surface area contributed by atoms with Crippen LogP contribution >= 0.6 is 0 Å². The summed E-state index contributed by atoms with van der Waals surface area (Å²) in [7, 11) is -3.14. The molecule has 248 valence electrons. The van der Waals surface area contributed by atoms with Gasteiger partial charge in [0.1, 0.15) is 21.5 Å². The second kappa shape index (κ2) is 13.2. The number of nitriles is 1. The van der Waals surface area contributed by atoms with Crippen LogP contribution in [0, 0.1) is 28.9 Å². The van der Waals surface area contributed by atoms with Crippen molar-refractivity contribution in [1.29, 1.82) is 5.26 Å². The van der Waals surface area contributed by atoms with Crippen LogP contribution in [0.1, 0.15) is 49.7 Å². The van der Waals surface area contributed by atoms with E-state index < -0.39 is 26.9 Å². The molecule has 2 fully saturated rings. The van der Waals surface area contributed by atoms with Gasteiger partial charge in [-0.25, -0.2) is 22.2 Å². The number of hydrogen-bond acceptors (Lipinski definition) is 10. The van der Waals surface area contributed by atoms with Crippen molar-refractivity contribution < 1.29 is 26.7 Å². The highest BCUT2D eigenvalue weighted by Crippen LogP contribution is 2.41. The first kappa shape index (κ1) is 32.9. The van der Waals surface area contributed by atoms with E-state index in [4.69, 9.17) is 15.2 Å². The van der Waals surface area contributed by atoms with Crippen LogP contribution < -0.4 is 11.1 Å². The molecule has 4 heterocycles. The van der Waals surface area contributed by atoms with E-state index in [-0.39, 0.29) is 47.6 Å². The number of pyridine rings is 1. The van der Waals surface area contributed by atoms with Gasteiger partial charge in [-0.05, 0) is 79.0 Å². The number of imidazole rings is 1. The summed E-state index contributed by atoms with van der Waals surface area (Å²) in [6.07, 6.45) is 8.01. The number of nitrogens with zero attached hydrogens (tertiary/aromatic N) is 5. The van der Waals surface area contributed by atoms with E-state index in [0.717, 1.165) is 12.0 Å². The standard InChI is InChI=1S/C33H37F2N7O4S/c1-20-13-21(14-27(37)31(20)46-11-12-47(2,43)44)24-5-8-38-18-29(24)40-32-39-17-23-3-4-28(41-42(23)32)30-25(34)15-22(16-26(30)35)33(19-36)6-9-45-10-7-33/h3-5,8,15-18,20-21,27,31H,6-7,9-14,37H2,1-2H3,(H,39,40)/t20-,21+,27+,31-/m0/s1. The van der Waals surface area contributed by atoms with Crippen LogP contribution in [0.25, 0.3) is 16.8 Å². The van der Waals surface area contributed by atoms with E-state index in [9.17, 15) is 13.7 Å². The van der Waals surface area contributed by atoms with Crippen LogP contribution in [0.4, 0.5) is 20.4 Å². The van der Waals surface area contributed by atoms with Crippen LogP contribution in [0.15, 0.2) is 48.9 Å². The van der Waals surface area contributed by atoms with Crippen LogP contribution in [-0.4, -0.2) is 72.0 Å². The first-order valence-electron chi connectivity index (χ1n) is 15.6. The topological polar surface area (TPSA) is 158 Å². The normalized spacial score (nSPS) is 23.0. The van der Waals surface area contributed by atoms with Crippen LogP contribution in [0.5, 0.6) is 0 Å². The summed E-state index contributed by atoms with van der Waals surface area (Å²) in [5.74, 6) is -1.21. The molecule has 1 saturated carbocycles. The molecular weight excluding hydrogens is 628 g/mol. The SMILES string of the molecule is C[C@H]1C[C@@H](c2ccncc2Nc2ncc3ccc(-c4c(F)cc(C5(C#N)CCOCC5)cc4F)nn23)C[C@@H](N)[C@H]1OCCS(C)(=O)=O. The van der Waals surface area contributed by atoms with Crippen LogP contribution in [0.2, 0.25) is 0 Å². The molecule has 3 N–H and O–H groups in total. The number of benzene rings is 1. The first-order chi connectivity index (χ1) is 22.5. The van der Waals surface area contributed by atoms with Gasteiger partial charge in [0.25, 0.3) is 0 Å². The lowest BCUT2D eigenvalue weighted by Crippen LogP contribution is -2.47. The lowest BCUT2D eigenvalue weighted by atomic mass is 9.74. The number of anilines is 2. The molecule has 4 aromatic rings. The molecular formula is C33H37F2N7O4S. The summed E-state index contributed by atoms with van der Waals surface area (Å²) in [5, 5.41) is 17.8. The van der Waals surface area contributed by atoms with Gasteiger partial charge in [0.2, 0.25) is 5.95 Å². The molecule has 0 unspecified atom stereocenters. The van der Waals surface area contributed by atoms with Crippen molar-refractivity contribution in [2.24, 2.45) is 11.7 Å². The van der Waals surface area contributed by atoms with Crippen molar-refractivity contribution in [1.82, 2.24) is 19.6 Å². The summed E-state index contributed by atoms with van der Waals surface area (Å²) in [6, 6.07) is 9.55. The average molecular weight is 666 g/mol. The average Bonchev–Trinajstić information content (AvgIpc) is 3.43. The Labute approximate surface area is 272 Å². The monoisotopic (exact) mass is 665 g/mol. The third-order valence-corrected chi connectivity index (χ3v) is 10.2. The van der Waals surface area contributed by atoms with Gasteiger partial charge in [0.15, 0.2) is 0 Å². The Bertz CT molecular complexity index is 1890. The predicted molar refractivity (Wildman–Crippen MR) is 172 cm³/mol. The van der Waals surface area contributed by atoms with Gasteiger partial charge in [-0.3, -0.25) is 4.98 Å². The Kier molecular flexibility index (Phi) is 9.26. The summed E-state index contributed by atoms with van der Waals surface area (Å²) in [5.41, 5.74) is 7.87. The number of halogens is 2. The number of nitrogens with one attached hydrogen (secondary N) is 1. The minimum atomic E-state index is -3.14. The molecule has 1 aliphatic carbocycles. The van der Waals surface area contributed by atoms with Gasteiger partial charge in [-0.15, -0.1) is 0 Å². The minimum absolute atomic E-state index is 0.0544. The fourth-order valence-corrected chi connectivity index (χ4v) is 7.21. The van der Waals surface area contributed by atoms with Crippen molar-refractivity contribution in [2.75, 3.05) is 37.1 Å². The number of aromatic nitrogens is 4. The summed E-state index contributed by atoms with van der Waals surface area (Å²) >= 11 is 0. The maximum absolute atomic E-state index is 15.6. The molecule has 0 amide bonds. The van der Waals surface area contributed by atoms with E-state index in [0.29, 0.717) is 55.2 Å². The van der Waals surface area contributed by atoms with Crippen LogP contribution in [0.3, 0.4) is 0 Å². The lowest BCUT2D eigenvalue weighted by Gasteiger charge is -2.39. The van der Waals surface area contributed by atoms with Crippen molar-refractivity contribution in [3.05, 3.63) is 71.7 Å². The van der Waals surface area contributed by atoms with Crippen molar-refractivity contribution in [2.45, 2.75) is 56.1 Å². The number of hydrogen-bond donors (Lipinski definition) is 2. The van der Waals surface area contributed by atoms with E-state index >= 15 is 8.78 Å². The van der Waals surface area contributed by atoms with E-state index in [1.54, 1.807) is 24.7 Å². The maximum Gasteiger partial charge on any atom is 0.229 e. The smallest absolute Gasteiger partial charge is 0.229 e. The molecule has 0 radical (unpaired) electrons. The van der Waals surface area contributed by atoms with Gasteiger partial charge in [-0.1, -0.05) is 6.92 Å². The minimum Gasteiger partial charge on any atom is -0.381 e. The van der Waals surface area contributed by atoms with Gasteiger partial charge < -0.3 is 20.5 Å². The van der Waals surface area contributed by atoms with Crippen molar-refractivity contribution in [3.8, 4) is 17.3 Å². The Morgan fingerprint density at radius 1 is 1.17 bits per heavy atom. The van der Waals surface area contributed by atoms with Crippen molar-refractivity contribution >= 4 is 27.0 Å². The molecule has 1 aromatic carbocycles. The molecule has 0 bridgehead atoms. The second-order valence-corrected chi connectivity index (χ2v) is 14.9. The number of rotatable bonds is 9. The zero-order valence-corrected chi connectivity index (χ0v) is 27.0. The molecule has 4 atom stereocenters. The van der Waals surface area contributed by atoms with Gasteiger partial charge in [0.05, 0.1) is 64.8 Å². The third kappa shape index (κ3) is 6.85. The highest BCUT2D eigenvalue weighted by Gasteiger charge is 2.37. The number of sulfone groups is 1. The van der Waals surface area contributed by atoms with E-state index in [1.165, 1.54) is 29.0 Å². The van der Waals surface area contributed by atoms with E-state index in [1.807, 2.05) is 13.0 Å². The number of nitrogens with two attached hydrogens (primary N) is 1. The van der Waals surface area contributed by atoms with E-state index in [2.05, 4.69) is 26.5 Å². The predicted octanol–water partition coefficient (Wildman–Crippen LogP) is 4.66. The Balaban J connectivity index is 1.25. The third-order valence-electron chi connectivity index (χ3n) is 9.30. The summed E-state index contributed by atoms with van der Waals surface area (Å²) in [4.78, 5) is 8.78. The second-order valence-electron chi connectivity index (χ2n) is 12.6. The van der Waals surface area contributed by atoms with Crippen LogP contribution in [-0.2, 0) is 24.7 Å². The number of ether oxygens (including phenoxy) is 2. The molecule has 0 spiro atoms. The first-order valence-corrected chi connectivity index (χ1v) is 17.6.